The summed E-state index contributed by atoms with van der Waals surface area (Å²) in [7, 11) is 0. The van der Waals surface area contributed by atoms with Crippen LogP contribution in [-0.2, 0) is 0 Å². The first-order chi connectivity index (χ1) is 30.2. The van der Waals surface area contributed by atoms with Crippen molar-refractivity contribution in [3.63, 3.8) is 0 Å². The standard InChI is InChI=1S/C58H37NOS/c1-3-12-38(13-4-1)46-30-33-49-50-19-11-20-53(58(50)61-55(49)37-46)59(52-35-34-48(43-15-5-2-6-16-43)57-56(52)51-18-9-10-21-54(51)60-57)47-31-28-41(29-32-47)40-22-24-42(25-23-40)45-27-26-39-14-7-8-17-44(39)36-45/h1-37H. The van der Waals surface area contributed by atoms with Gasteiger partial charge in [0.15, 0.2) is 0 Å². The number of para-hydroxylation sites is 1. The predicted octanol–water partition coefficient (Wildman–Crippen LogP) is 17.2. The number of rotatable bonds is 7. The van der Waals surface area contributed by atoms with Gasteiger partial charge in [-0.05, 0) is 98.2 Å². The van der Waals surface area contributed by atoms with E-state index < -0.39 is 0 Å². The largest absolute Gasteiger partial charge is 0.455 e. The highest BCUT2D eigenvalue weighted by atomic mass is 32.1. The summed E-state index contributed by atoms with van der Waals surface area (Å²) in [5.41, 5.74) is 14.5. The van der Waals surface area contributed by atoms with E-state index in [1.807, 2.05) is 11.3 Å². The Morgan fingerprint density at radius 3 is 1.74 bits per heavy atom. The number of hydrogen-bond donors (Lipinski definition) is 0. The van der Waals surface area contributed by atoms with Crippen molar-refractivity contribution < 1.29 is 4.42 Å². The first kappa shape index (κ1) is 35.2. The Bertz CT molecular complexity index is 3570. The minimum Gasteiger partial charge on any atom is -0.455 e. The number of thiophene rings is 1. The van der Waals surface area contributed by atoms with E-state index in [4.69, 9.17) is 4.42 Å². The molecule has 10 aromatic carbocycles. The molecule has 0 saturated carbocycles. The zero-order valence-electron chi connectivity index (χ0n) is 33.1. The van der Waals surface area contributed by atoms with Crippen molar-refractivity contribution in [1.29, 1.82) is 0 Å². The Morgan fingerprint density at radius 2 is 0.951 bits per heavy atom. The maximum absolute atomic E-state index is 6.81. The SMILES string of the molecule is c1ccc(-c2ccc3c(c2)sc2c(N(c4ccc(-c5ccc(-c6ccc7ccccc7c6)cc5)cc4)c4ccc(-c5ccccc5)c5oc6ccccc6c45)cccc23)cc1. The van der Waals surface area contributed by atoms with Crippen LogP contribution >= 0.6 is 11.3 Å². The van der Waals surface area contributed by atoms with Crippen molar-refractivity contribution >= 4 is 81.3 Å². The van der Waals surface area contributed by atoms with Crippen LogP contribution in [0.5, 0.6) is 0 Å². The van der Waals surface area contributed by atoms with Crippen molar-refractivity contribution in [3.05, 3.63) is 224 Å². The monoisotopic (exact) mass is 795 g/mol. The molecule has 0 spiro atoms. The number of benzene rings is 10. The van der Waals surface area contributed by atoms with Crippen LogP contribution < -0.4 is 4.90 Å². The van der Waals surface area contributed by atoms with E-state index >= 15 is 0 Å². The first-order valence-electron chi connectivity index (χ1n) is 20.7. The number of furan rings is 1. The minimum absolute atomic E-state index is 0.873. The molecule has 3 heteroatoms. The fraction of sp³-hybridized carbons (Fsp3) is 0. The van der Waals surface area contributed by atoms with Crippen molar-refractivity contribution in [2.45, 2.75) is 0 Å². The zero-order valence-corrected chi connectivity index (χ0v) is 33.9. The van der Waals surface area contributed by atoms with Crippen LogP contribution in [0.3, 0.4) is 0 Å². The highest BCUT2D eigenvalue weighted by Crippen LogP contribution is 2.50. The van der Waals surface area contributed by atoms with Gasteiger partial charge >= 0.3 is 0 Å². The maximum Gasteiger partial charge on any atom is 0.145 e. The van der Waals surface area contributed by atoms with Gasteiger partial charge in [-0.15, -0.1) is 11.3 Å². The highest BCUT2D eigenvalue weighted by Gasteiger charge is 2.24. The van der Waals surface area contributed by atoms with Gasteiger partial charge in [-0.1, -0.05) is 176 Å². The molecule has 12 aromatic rings. The Hall–Kier alpha value is -7.72. The summed E-state index contributed by atoms with van der Waals surface area (Å²) in [5.74, 6) is 0. The number of hydrogen-bond acceptors (Lipinski definition) is 3. The molecule has 0 aliphatic carbocycles. The molecule has 0 radical (unpaired) electrons. The van der Waals surface area contributed by atoms with E-state index in [9.17, 15) is 0 Å². The van der Waals surface area contributed by atoms with E-state index in [-0.39, 0.29) is 0 Å². The second kappa shape index (κ2) is 14.5. The van der Waals surface area contributed by atoms with Crippen LogP contribution in [0.4, 0.5) is 17.1 Å². The smallest absolute Gasteiger partial charge is 0.145 e. The lowest BCUT2D eigenvalue weighted by atomic mass is 9.98. The third kappa shape index (κ3) is 6.09. The molecule has 2 nitrogen and oxygen atoms in total. The number of fused-ring (bicyclic) bond motifs is 7. The molecular formula is C58H37NOS. The Morgan fingerprint density at radius 1 is 0.361 bits per heavy atom. The fourth-order valence-corrected chi connectivity index (χ4v) is 10.3. The van der Waals surface area contributed by atoms with Gasteiger partial charge in [0.05, 0.1) is 21.5 Å². The molecule has 61 heavy (non-hydrogen) atoms. The molecular weight excluding hydrogens is 759 g/mol. The predicted molar refractivity (Wildman–Crippen MR) is 261 cm³/mol. The molecule has 0 atom stereocenters. The molecule has 2 heterocycles. The molecule has 0 aliphatic rings. The van der Waals surface area contributed by atoms with Crippen LogP contribution in [0.1, 0.15) is 0 Å². The number of anilines is 3. The fourth-order valence-electron chi connectivity index (χ4n) is 9.05. The van der Waals surface area contributed by atoms with Gasteiger partial charge in [-0.25, -0.2) is 0 Å². The average Bonchev–Trinajstić information content (AvgIpc) is 3.92. The lowest BCUT2D eigenvalue weighted by Gasteiger charge is -2.27. The Balaban J connectivity index is 1.02. The van der Waals surface area contributed by atoms with Crippen molar-refractivity contribution in [1.82, 2.24) is 0 Å². The van der Waals surface area contributed by atoms with Gasteiger partial charge in [-0.3, -0.25) is 0 Å². The van der Waals surface area contributed by atoms with Crippen LogP contribution in [0, 0.1) is 0 Å². The van der Waals surface area contributed by atoms with Gasteiger partial charge in [0.2, 0.25) is 0 Å². The normalized spacial score (nSPS) is 11.6. The third-order valence-electron chi connectivity index (χ3n) is 12.1. The first-order valence-corrected chi connectivity index (χ1v) is 21.6. The molecule has 0 fully saturated rings. The summed E-state index contributed by atoms with van der Waals surface area (Å²) < 4.78 is 9.31. The van der Waals surface area contributed by atoms with Crippen LogP contribution in [0.2, 0.25) is 0 Å². The Kier molecular flexibility index (Phi) is 8.39. The lowest BCUT2D eigenvalue weighted by molar-refractivity contribution is 0.670. The zero-order chi connectivity index (χ0) is 40.3. The molecule has 0 aliphatic heterocycles. The second-order valence-corrected chi connectivity index (χ2v) is 16.7. The van der Waals surface area contributed by atoms with Crippen LogP contribution in [0.15, 0.2) is 229 Å². The van der Waals surface area contributed by atoms with Gasteiger partial charge in [0.1, 0.15) is 11.2 Å². The molecule has 2 aromatic heterocycles. The average molecular weight is 796 g/mol. The van der Waals surface area contributed by atoms with Gasteiger partial charge in [-0.2, -0.15) is 0 Å². The molecule has 0 unspecified atom stereocenters. The summed E-state index contributed by atoms with van der Waals surface area (Å²) in [5, 5.41) is 7.21. The maximum atomic E-state index is 6.81. The highest BCUT2D eigenvalue weighted by molar-refractivity contribution is 7.26. The molecule has 0 bridgehead atoms. The van der Waals surface area contributed by atoms with Crippen molar-refractivity contribution in [2.75, 3.05) is 4.90 Å². The van der Waals surface area contributed by atoms with Crippen molar-refractivity contribution in [2.24, 2.45) is 0 Å². The van der Waals surface area contributed by atoms with Crippen molar-refractivity contribution in [3.8, 4) is 44.5 Å². The summed E-state index contributed by atoms with van der Waals surface area (Å²) in [6, 6.07) is 81.0. The van der Waals surface area contributed by atoms with E-state index in [1.54, 1.807) is 0 Å². The Labute approximate surface area is 357 Å². The van der Waals surface area contributed by atoms with Gasteiger partial charge in [0.25, 0.3) is 0 Å². The van der Waals surface area contributed by atoms with Crippen LogP contribution in [-0.4, -0.2) is 0 Å². The lowest BCUT2D eigenvalue weighted by Crippen LogP contribution is -2.10. The van der Waals surface area contributed by atoms with Gasteiger partial charge < -0.3 is 9.32 Å². The topological polar surface area (TPSA) is 16.4 Å². The number of nitrogens with zero attached hydrogens (tertiary/aromatic N) is 1. The third-order valence-corrected chi connectivity index (χ3v) is 13.3. The minimum atomic E-state index is 0.873. The molecule has 286 valence electrons. The molecule has 12 rings (SSSR count). The van der Waals surface area contributed by atoms with Gasteiger partial charge in [0, 0.05) is 32.1 Å². The van der Waals surface area contributed by atoms with Crippen LogP contribution in [0.25, 0.3) is 97.4 Å². The van der Waals surface area contributed by atoms with E-state index in [0.717, 1.165) is 50.1 Å². The van der Waals surface area contributed by atoms with E-state index in [2.05, 4.69) is 229 Å². The summed E-state index contributed by atoms with van der Waals surface area (Å²) in [4.78, 5) is 2.45. The molecule has 0 saturated heterocycles. The molecule has 0 N–H and O–H groups in total. The quantitative estimate of drug-likeness (QED) is 0.160. The summed E-state index contributed by atoms with van der Waals surface area (Å²) in [6.07, 6.45) is 0. The van der Waals surface area contributed by atoms with E-state index in [1.165, 1.54) is 64.3 Å². The summed E-state index contributed by atoms with van der Waals surface area (Å²) >= 11 is 1.86. The second-order valence-electron chi connectivity index (χ2n) is 15.7. The summed E-state index contributed by atoms with van der Waals surface area (Å²) in [6.45, 7) is 0. The molecule has 0 amide bonds. The van der Waals surface area contributed by atoms with E-state index in [0.29, 0.717) is 0 Å².